The minimum Gasteiger partial charge on any atom is -0.355 e. The summed E-state index contributed by atoms with van der Waals surface area (Å²) in [7, 11) is 0. The minimum absolute atomic E-state index is 0.0151. The van der Waals surface area contributed by atoms with Crippen LogP contribution >= 0.6 is 11.6 Å². The highest BCUT2D eigenvalue weighted by molar-refractivity contribution is 6.30. The molecule has 0 saturated carbocycles. The first-order chi connectivity index (χ1) is 8.18. The van der Waals surface area contributed by atoms with Gasteiger partial charge in [-0.15, -0.1) is 0 Å². The minimum atomic E-state index is -0.419. The highest BCUT2D eigenvalue weighted by Crippen LogP contribution is 2.18. The maximum Gasteiger partial charge on any atom is 0.237 e. The van der Waals surface area contributed by atoms with Gasteiger partial charge in [-0.2, -0.15) is 0 Å². The zero-order valence-corrected chi connectivity index (χ0v) is 10.1. The quantitative estimate of drug-likeness (QED) is 0.867. The number of piperidine rings is 1. The zero-order valence-electron chi connectivity index (χ0n) is 9.30. The maximum atomic E-state index is 13.6. The summed E-state index contributed by atoms with van der Waals surface area (Å²) < 4.78 is 13.6. The summed E-state index contributed by atoms with van der Waals surface area (Å²) in [5.74, 6) is -0.434. The molecule has 1 atom stereocenters. The van der Waals surface area contributed by atoms with Crippen LogP contribution in [0.2, 0.25) is 5.02 Å². The number of rotatable bonds is 3. The van der Waals surface area contributed by atoms with Crippen LogP contribution in [-0.2, 0) is 11.3 Å². The lowest BCUT2D eigenvalue weighted by Gasteiger charge is -2.23. The Bertz CT molecular complexity index is 425. The largest absolute Gasteiger partial charge is 0.355 e. The predicted octanol–water partition coefficient (Wildman–Crippen LogP) is 1.85. The lowest BCUT2D eigenvalue weighted by Crippen LogP contribution is -2.47. The molecule has 92 valence electrons. The van der Waals surface area contributed by atoms with Crippen LogP contribution in [0.15, 0.2) is 18.2 Å². The van der Waals surface area contributed by atoms with E-state index in [1.165, 1.54) is 6.07 Å². The Balaban J connectivity index is 1.97. The molecule has 2 rings (SSSR count). The molecule has 2 N–H and O–H groups in total. The lowest BCUT2D eigenvalue weighted by molar-refractivity contribution is -0.124. The van der Waals surface area contributed by atoms with Crippen LogP contribution in [0.3, 0.4) is 0 Å². The van der Waals surface area contributed by atoms with Gasteiger partial charge < -0.3 is 10.6 Å². The van der Waals surface area contributed by atoms with Crippen LogP contribution in [0.4, 0.5) is 4.39 Å². The molecule has 1 fully saturated rings. The summed E-state index contributed by atoms with van der Waals surface area (Å²) in [6.07, 6.45) is 1.73. The third kappa shape index (κ3) is 2.96. The van der Waals surface area contributed by atoms with Gasteiger partial charge in [0.15, 0.2) is 0 Å². The molecule has 17 heavy (non-hydrogen) atoms. The number of amides is 1. The molecule has 0 spiro atoms. The number of hydrogen-bond donors (Lipinski definition) is 2. The molecule has 5 heteroatoms. The van der Waals surface area contributed by atoms with Gasteiger partial charge in [0.25, 0.3) is 0 Å². The van der Waals surface area contributed by atoms with E-state index in [2.05, 4.69) is 10.6 Å². The van der Waals surface area contributed by atoms with Crippen LogP contribution in [-0.4, -0.2) is 18.5 Å². The molecular formula is C12H14ClFN2O. The molecule has 1 aliphatic heterocycles. The summed E-state index contributed by atoms with van der Waals surface area (Å²) in [5.41, 5.74) is 0.482. The average Bonchev–Trinajstić information content (AvgIpc) is 2.33. The van der Waals surface area contributed by atoms with E-state index in [4.69, 9.17) is 11.6 Å². The Morgan fingerprint density at radius 2 is 2.35 bits per heavy atom. The monoisotopic (exact) mass is 256 g/mol. The van der Waals surface area contributed by atoms with E-state index in [0.29, 0.717) is 12.1 Å². The second-order valence-electron chi connectivity index (χ2n) is 4.08. The summed E-state index contributed by atoms with van der Waals surface area (Å²) in [6.45, 7) is 1.03. The van der Waals surface area contributed by atoms with Crippen molar-refractivity contribution in [3.63, 3.8) is 0 Å². The Morgan fingerprint density at radius 1 is 1.53 bits per heavy atom. The topological polar surface area (TPSA) is 41.1 Å². The highest BCUT2D eigenvalue weighted by atomic mass is 35.5. The van der Waals surface area contributed by atoms with Crippen LogP contribution < -0.4 is 10.6 Å². The van der Waals surface area contributed by atoms with Gasteiger partial charge in [0.1, 0.15) is 5.82 Å². The molecule has 3 nitrogen and oxygen atoms in total. The van der Waals surface area contributed by atoms with Gasteiger partial charge in [0.2, 0.25) is 5.91 Å². The summed E-state index contributed by atoms with van der Waals surface area (Å²) in [5, 5.41) is 5.93. The second-order valence-corrected chi connectivity index (χ2v) is 4.49. The van der Waals surface area contributed by atoms with Crippen molar-refractivity contribution in [1.29, 1.82) is 0 Å². The standard InChI is InChI=1S/C12H14ClFN2O/c13-9-4-1-3-8(11(9)14)7-16-10-5-2-6-15-12(10)17/h1,3-4,10,16H,2,5-7H2,(H,15,17). The first-order valence-electron chi connectivity index (χ1n) is 5.62. The molecule has 0 aliphatic carbocycles. The molecule has 1 heterocycles. The lowest BCUT2D eigenvalue weighted by atomic mass is 10.1. The molecule has 1 amide bonds. The van der Waals surface area contributed by atoms with Crippen LogP contribution in [0, 0.1) is 5.82 Å². The number of halogens is 2. The van der Waals surface area contributed by atoms with Gasteiger partial charge >= 0.3 is 0 Å². The smallest absolute Gasteiger partial charge is 0.237 e. The van der Waals surface area contributed by atoms with Gasteiger partial charge in [0.05, 0.1) is 11.1 Å². The van der Waals surface area contributed by atoms with E-state index in [1.807, 2.05) is 0 Å². The van der Waals surface area contributed by atoms with Gasteiger partial charge in [-0.1, -0.05) is 23.7 Å². The third-order valence-corrected chi connectivity index (χ3v) is 3.15. The van der Waals surface area contributed by atoms with Crippen molar-refractivity contribution >= 4 is 17.5 Å². The number of carbonyl (C=O) groups excluding carboxylic acids is 1. The fourth-order valence-electron chi connectivity index (χ4n) is 1.88. The highest BCUT2D eigenvalue weighted by Gasteiger charge is 2.21. The molecule has 1 saturated heterocycles. The predicted molar refractivity (Wildman–Crippen MR) is 64.3 cm³/mol. The van der Waals surface area contributed by atoms with Crippen LogP contribution in [0.25, 0.3) is 0 Å². The van der Waals surface area contributed by atoms with Gasteiger partial charge in [-0.3, -0.25) is 4.79 Å². The summed E-state index contributed by atoms with van der Waals surface area (Å²) in [4.78, 5) is 11.5. The summed E-state index contributed by atoms with van der Waals surface area (Å²) >= 11 is 5.68. The van der Waals surface area contributed by atoms with Crippen molar-refractivity contribution in [2.45, 2.75) is 25.4 Å². The molecule has 0 bridgehead atoms. The molecular weight excluding hydrogens is 243 g/mol. The van der Waals surface area contributed by atoms with Gasteiger partial charge in [-0.25, -0.2) is 4.39 Å². The number of carbonyl (C=O) groups is 1. The van der Waals surface area contributed by atoms with E-state index in [-0.39, 0.29) is 17.0 Å². The summed E-state index contributed by atoms with van der Waals surface area (Å²) in [6, 6.07) is 4.63. The first-order valence-corrected chi connectivity index (χ1v) is 6.00. The SMILES string of the molecule is O=C1NCCCC1NCc1cccc(Cl)c1F. The Kier molecular flexibility index (Phi) is 3.97. The number of benzene rings is 1. The van der Waals surface area contributed by atoms with Crippen LogP contribution in [0.5, 0.6) is 0 Å². The maximum absolute atomic E-state index is 13.6. The number of hydrogen-bond acceptors (Lipinski definition) is 2. The van der Waals surface area contributed by atoms with E-state index < -0.39 is 5.82 Å². The van der Waals surface area contributed by atoms with Gasteiger partial charge in [0, 0.05) is 18.7 Å². The molecule has 1 aliphatic rings. The van der Waals surface area contributed by atoms with Crippen molar-refractivity contribution in [1.82, 2.24) is 10.6 Å². The van der Waals surface area contributed by atoms with Gasteiger partial charge in [-0.05, 0) is 18.9 Å². The average molecular weight is 257 g/mol. The van der Waals surface area contributed by atoms with E-state index in [9.17, 15) is 9.18 Å². The van der Waals surface area contributed by atoms with Crippen molar-refractivity contribution < 1.29 is 9.18 Å². The molecule has 1 unspecified atom stereocenters. The van der Waals surface area contributed by atoms with E-state index in [1.54, 1.807) is 12.1 Å². The molecule has 1 aromatic rings. The Morgan fingerprint density at radius 3 is 3.12 bits per heavy atom. The normalized spacial score (nSPS) is 20.1. The third-order valence-electron chi connectivity index (χ3n) is 2.86. The van der Waals surface area contributed by atoms with Crippen molar-refractivity contribution in [2.24, 2.45) is 0 Å². The first kappa shape index (κ1) is 12.3. The second kappa shape index (κ2) is 5.47. The molecule has 0 aromatic heterocycles. The zero-order chi connectivity index (χ0) is 12.3. The molecule has 0 radical (unpaired) electrons. The van der Waals surface area contributed by atoms with Crippen molar-refractivity contribution in [3.8, 4) is 0 Å². The van der Waals surface area contributed by atoms with E-state index >= 15 is 0 Å². The fraction of sp³-hybridized carbons (Fsp3) is 0.417. The van der Waals surface area contributed by atoms with Crippen molar-refractivity contribution in [3.05, 3.63) is 34.6 Å². The molecule has 1 aromatic carbocycles. The van der Waals surface area contributed by atoms with Crippen molar-refractivity contribution in [2.75, 3.05) is 6.54 Å². The number of nitrogens with one attached hydrogen (secondary N) is 2. The Labute approximate surface area is 104 Å². The van der Waals surface area contributed by atoms with Crippen LogP contribution in [0.1, 0.15) is 18.4 Å². The fourth-order valence-corrected chi connectivity index (χ4v) is 2.08. The van der Waals surface area contributed by atoms with E-state index in [0.717, 1.165) is 19.4 Å². The Hall–Kier alpha value is -1.13.